The molecule has 3 N–H and O–H groups in total. The Morgan fingerprint density at radius 3 is 2.71 bits per heavy atom. The van der Waals surface area contributed by atoms with E-state index in [2.05, 4.69) is 10.1 Å². The molecule has 1 rings (SSSR count). The Morgan fingerprint density at radius 2 is 2.06 bits per heavy atom. The Morgan fingerprint density at radius 1 is 1.35 bits per heavy atom. The third-order valence-electron chi connectivity index (χ3n) is 1.92. The van der Waals surface area contributed by atoms with Crippen LogP contribution in [0, 0.1) is 0 Å². The van der Waals surface area contributed by atoms with E-state index in [0.29, 0.717) is 11.4 Å². The van der Waals surface area contributed by atoms with Gasteiger partial charge in [0.25, 0.3) is 0 Å². The van der Waals surface area contributed by atoms with Crippen LogP contribution >= 0.6 is 11.8 Å². The van der Waals surface area contributed by atoms with Gasteiger partial charge in [0.2, 0.25) is 5.91 Å². The summed E-state index contributed by atoms with van der Waals surface area (Å²) in [7, 11) is 1.31. The van der Waals surface area contributed by atoms with Crippen LogP contribution in [-0.4, -0.2) is 30.5 Å². The minimum atomic E-state index is -0.345. The molecule has 92 valence electrons. The second kappa shape index (κ2) is 6.80. The van der Waals surface area contributed by atoms with Gasteiger partial charge in [-0.05, 0) is 12.1 Å². The second-order valence-corrected chi connectivity index (χ2v) is 4.19. The van der Waals surface area contributed by atoms with Gasteiger partial charge in [0.05, 0.1) is 30.0 Å². The molecule has 0 saturated carbocycles. The van der Waals surface area contributed by atoms with Crippen molar-refractivity contribution in [3.05, 3.63) is 24.3 Å². The summed E-state index contributed by atoms with van der Waals surface area (Å²) in [6.07, 6.45) is 0. The molecule has 17 heavy (non-hydrogen) atoms. The normalized spacial score (nSPS) is 9.71. The molecular formula is C11H14N2O3S. The van der Waals surface area contributed by atoms with E-state index in [1.165, 1.54) is 18.9 Å². The molecule has 0 aliphatic rings. The number of ether oxygens (including phenoxy) is 1. The number of benzene rings is 1. The molecule has 0 fully saturated rings. The maximum absolute atomic E-state index is 11.5. The molecule has 0 atom stereocenters. The first-order chi connectivity index (χ1) is 8.13. The topological polar surface area (TPSA) is 81.4 Å². The van der Waals surface area contributed by atoms with E-state index in [0.717, 1.165) is 0 Å². The van der Waals surface area contributed by atoms with Crippen molar-refractivity contribution in [2.75, 3.05) is 29.7 Å². The monoisotopic (exact) mass is 254 g/mol. The van der Waals surface area contributed by atoms with Gasteiger partial charge in [0, 0.05) is 0 Å². The number of amides is 1. The van der Waals surface area contributed by atoms with Crippen LogP contribution in [0.2, 0.25) is 0 Å². The number of hydrogen-bond donors (Lipinski definition) is 2. The van der Waals surface area contributed by atoms with Gasteiger partial charge in [-0.1, -0.05) is 12.1 Å². The highest BCUT2D eigenvalue weighted by Gasteiger charge is 2.06. The SMILES string of the molecule is COC(=O)CSCC(=O)Nc1ccccc1N. The number of carbonyl (C=O) groups is 2. The number of para-hydroxylation sites is 2. The van der Waals surface area contributed by atoms with Crippen molar-refractivity contribution in [2.24, 2.45) is 0 Å². The lowest BCUT2D eigenvalue weighted by molar-refractivity contribution is -0.137. The number of esters is 1. The summed E-state index contributed by atoms with van der Waals surface area (Å²) in [5.41, 5.74) is 6.76. The fourth-order valence-electron chi connectivity index (χ4n) is 1.08. The van der Waals surface area contributed by atoms with Crippen molar-refractivity contribution in [1.82, 2.24) is 0 Å². The Balaban J connectivity index is 2.35. The summed E-state index contributed by atoms with van der Waals surface area (Å²) >= 11 is 1.19. The van der Waals surface area contributed by atoms with Gasteiger partial charge in [0.1, 0.15) is 0 Å². The molecule has 0 spiro atoms. The number of carbonyl (C=O) groups excluding carboxylic acids is 2. The van der Waals surface area contributed by atoms with E-state index in [4.69, 9.17) is 5.73 Å². The van der Waals surface area contributed by atoms with Crippen molar-refractivity contribution < 1.29 is 14.3 Å². The maximum Gasteiger partial charge on any atom is 0.315 e. The smallest absolute Gasteiger partial charge is 0.315 e. The van der Waals surface area contributed by atoms with Crippen LogP contribution < -0.4 is 11.1 Å². The van der Waals surface area contributed by atoms with Gasteiger partial charge in [-0.25, -0.2) is 0 Å². The highest BCUT2D eigenvalue weighted by molar-refractivity contribution is 8.00. The summed E-state index contributed by atoms with van der Waals surface area (Å²) in [5.74, 6) is -0.198. The molecule has 0 aliphatic carbocycles. The molecule has 0 aromatic heterocycles. The van der Waals surface area contributed by atoms with Crippen molar-refractivity contribution in [2.45, 2.75) is 0 Å². The first-order valence-corrected chi connectivity index (χ1v) is 6.08. The molecule has 6 heteroatoms. The first kappa shape index (κ1) is 13.4. The van der Waals surface area contributed by atoms with E-state index >= 15 is 0 Å². The lowest BCUT2D eigenvalue weighted by Gasteiger charge is -2.07. The summed E-state index contributed by atoms with van der Waals surface area (Å²) in [6, 6.07) is 7.00. The highest BCUT2D eigenvalue weighted by Crippen LogP contribution is 2.16. The zero-order chi connectivity index (χ0) is 12.7. The molecule has 0 saturated heterocycles. The zero-order valence-electron chi connectivity index (χ0n) is 9.43. The minimum absolute atomic E-state index is 0.161. The number of rotatable bonds is 5. The van der Waals surface area contributed by atoms with E-state index in [9.17, 15) is 9.59 Å². The van der Waals surface area contributed by atoms with Crippen LogP contribution in [0.3, 0.4) is 0 Å². The van der Waals surface area contributed by atoms with Crippen molar-refractivity contribution in [3.8, 4) is 0 Å². The predicted octanol–water partition coefficient (Wildman–Crippen LogP) is 1.11. The van der Waals surface area contributed by atoms with Crippen LogP contribution in [-0.2, 0) is 14.3 Å². The molecule has 1 amide bonds. The standard InChI is InChI=1S/C11H14N2O3S/c1-16-11(15)7-17-6-10(14)13-9-5-3-2-4-8(9)12/h2-5H,6-7,12H2,1H3,(H,13,14). The Labute approximate surface area is 104 Å². The third kappa shape index (κ3) is 4.78. The largest absolute Gasteiger partial charge is 0.468 e. The van der Waals surface area contributed by atoms with E-state index in [1.54, 1.807) is 24.3 Å². The number of nitrogens with one attached hydrogen (secondary N) is 1. The van der Waals surface area contributed by atoms with Crippen molar-refractivity contribution >= 4 is 35.0 Å². The Hall–Kier alpha value is -1.69. The Bertz CT molecular complexity index is 409. The Kier molecular flexibility index (Phi) is 5.35. The lowest BCUT2D eigenvalue weighted by atomic mass is 10.3. The number of nitrogen functional groups attached to an aromatic ring is 1. The van der Waals surface area contributed by atoms with Gasteiger partial charge in [0.15, 0.2) is 0 Å². The molecule has 1 aromatic rings. The van der Waals surface area contributed by atoms with Gasteiger partial charge in [-0.3, -0.25) is 9.59 Å². The fraction of sp³-hybridized carbons (Fsp3) is 0.273. The molecular weight excluding hydrogens is 240 g/mol. The average molecular weight is 254 g/mol. The van der Waals surface area contributed by atoms with Crippen LogP contribution in [0.4, 0.5) is 11.4 Å². The zero-order valence-corrected chi connectivity index (χ0v) is 10.3. The average Bonchev–Trinajstić information content (AvgIpc) is 2.32. The van der Waals surface area contributed by atoms with Gasteiger partial charge < -0.3 is 15.8 Å². The van der Waals surface area contributed by atoms with E-state index in [-0.39, 0.29) is 23.4 Å². The van der Waals surface area contributed by atoms with Gasteiger partial charge >= 0.3 is 5.97 Å². The maximum atomic E-state index is 11.5. The molecule has 0 unspecified atom stereocenters. The second-order valence-electron chi connectivity index (χ2n) is 3.20. The van der Waals surface area contributed by atoms with Crippen LogP contribution in [0.1, 0.15) is 0 Å². The predicted molar refractivity (Wildman–Crippen MR) is 68.8 cm³/mol. The molecule has 0 aliphatic heterocycles. The summed E-state index contributed by atoms with van der Waals surface area (Å²) in [6.45, 7) is 0. The number of nitrogens with two attached hydrogens (primary N) is 1. The number of hydrogen-bond acceptors (Lipinski definition) is 5. The van der Waals surface area contributed by atoms with E-state index in [1.807, 2.05) is 0 Å². The first-order valence-electron chi connectivity index (χ1n) is 4.92. The highest BCUT2D eigenvalue weighted by atomic mass is 32.2. The minimum Gasteiger partial charge on any atom is -0.468 e. The lowest BCUT2D eigenvalue weighted by Crippen LogP contribution is -2.16. The quantitative estimate of drug-likeness (QED) is 0.607. The fourth-order valence-corrected chi connectivity index (χ4v) is 1.73. The molecule has 5 nitrogen and oxygen atoms in total. The number of methoxy groups -OCH3 is 1. The summed E-state index contributed by atoms with van der Waals surface area (Å²) in [4.78, 5) is 22.3. The summed E-state index contributed by atoms with van der Waals surface area (Å²) < 4.78 is 4.46. The van der Waals surface area contributed by atoms with Crippen molar-refractivity contribution in [1.29, 1.82) is 0 Å². The van der Waals surface area contributed by atoms with Crippen LogP contribution in [0.5, 0.6) is 0 Å². The van der Waals surface area contributed by atoms with Crippen molar-refractivity contribution in [3.63, 3.8) is 0 Å². The van der Waals surface area contributed by atoms with Crippen LogP contribution in [0.15, 0.2) is 24.3 Å². The molecule has 0 heterocycles. The van der Waals surface area contributed by atoms with Crippen LogP contribution in [0.25, 0.3) is 0 Å². The summed E-state index contributed by atoms with van der Waals surface area (Å²) in [5, 5.41) is 2.67. The number of thioether (sulfide) groups is 1. The van der Waals surface area contributed by atoms with Gasteiger partial charge in [-0.2, -0.15) is 0 Å². The third-order valence-corrected chi connectivity index (χ3v) is 2.82. The van der Waals surface area contributed by atoms with E-state index < -0.39 is 0 Å². The molecule has 0 bridgehead atoms. The molecule has 0 radical (unpaired) electrons. The molecule has 1 aromatic carbocycles. The van der Waals surface area contributed by atoms with Gasteiger partial charge in [-0.15, -0.1) is 11.8 Å². The number of anilines is 2.